The van der Waals surface area contributed by atoms with Gasteiger partial charge < -0.3 is 15.1 Å². The van der Waals surface area contributed by atoms with Gasteiger partial charge >= 0.3 is 0 Å². The number of benzene rings is 1. The zero-order valence-corrected chi connectivity index (χ0v) is 24.6. The Bertz CT molecular complexity index is 900. The zero-order valence-electron chi connectivity index (χ0n) is 24.6. The van der Waals surface area contributed by atoms with Crippen molar-refractivity contribution in [2.45, 2.75) is 135 Å². The fraction of sp³-hybridized carbons (Fsp3) is 0.794. The molecule has 1 amide bonds. The molecule has 0 radical (unpaired) electrons. The van der Waals surface area contributed by atoms with Gasteiger partial charge in [0, 0.05) is 20.0 Å². The Morgan fingerprint density at radius 2 is 1.74 bits per heavy atom. The van der Waals surface area contributed by atoms with Gasteiger partial charge in [0.1, 0.15) is 5.75 Å². The Morgan fingerprint density at radius 1 is 1.00 bits per heavy atom. The second kappa shape index (κ2) is 13.7. The summed E-state index contributed by atoms with van der Waals surface area (Å²) >= 11 is 0. The minimum atomic E-state index is -0.130. The van der Waals surface area contributed by atoms with Crippen LogP contribution in [0, 0.1) is 23.2 Å². The van der Waals surface area contributed by atoms with Crippen LogP contribution in [0.4, 0.5) is 0 Å². The lowest BCUT2D eigenvalue weighted by atomic mass is 9.52. The first kappa shape index (κ1) is 29.4. The summed E-state index contributed by atoms with van der Waals surface area (Å²) in [5.74, 6) is 3.32. The van der Waals surface area contributed by atoms with Crippen LogP contribution in [0.5, 0.6) is 5.75 Å². The molecule has 0 spiro atoms. The number of hydrogen-bond acceptors (Lipinski definition) is 3. The maximum atomic E-state index is 12.2. The molecule has 4 heteroatoms. The molecule has 3 aliphatic carbocycles. The van der Waals surface area contributed by atoms with E-state index < -0.39 is 0 Å². The highest BCUT2D eigenvalue weighted by Crippen LogP contribution is 2.62. The predicted octanol–water partition coefficient (Wildman–Crippen LogP) is 7.99. The maximum absolute atomic E-state index is 12.2. The van der Waals surface area contributed by atoms with Gasteiger partial charge in [0.25, 0.3) is 0 Å². The van der Waals surface area contributed by atoms with Crippen LogP contribution in [0.25, 0.3) is 0 Å². The monoisotopic (exact) mass is 525 g/mol. The third-order valence-electron chi connectivity index (χ3n) is 10.8. The van der Waals surface area contributed by atoms with Crippen LogP contribution in [0.3, 0.4) is 0 Å². The number of unbranched alkanes of at least 4 members (excludes halogenated alkanes) is 8. The Morgan fingerprint density at radius 3 is 2.50 bits per heavy atom. The van der Waals surface area contributed by atoms with Crippen LogP contribution in [0.1, 0.15) is 134 Å². The average molecular weight is 526 g/mol. The third kappa shape index (κ3) is 6.77. The second-order valence-corrected chi connectivity index (χ2v) is 13.3. The van der Waals surface area contributed by atoms with E-state index in [-0.39, 0.29) is 11.5 Å². The van der Waals surface area contributed by atoms with Crippen LogP contribution in [0.15, 0.2) is 18.2 Å². The number of phenolic OH excluding ortho intramolecular Hbond substituents is 1. The van der Waals surface area contributed by atoms with Crippen LogP contribution in [0.2, 0.25) is 0 Å². The molecular formula is C34H55NO3. The van der Waals surface area contributed by atoms with E-state index in [1.54, 1.807) is 0 Å². The molecule has 0 saturated heterocycles. The number of aliphatic hydroxyl groups excluding tert-OH is 1. The van der Waals surface area contributed by atoms with E-state index in [0.717, 1.165) is 45.1 Å². The van der Waals surface area contributed by atoms with Gasteiger partial charge in [-0.05, 0) is 104 Å². The van der Waals surface area contributed by atoms with E-state index in [2.05, 4.69) is 19.9 Å². The predicted molar refractivity (Wildman–Crippen MR) is 156 cm³/mol. The van der Waals surface area contributed by atoms with Crippen molar-refractivity contribution in [1.82, 2.24) is 4.90 Å². The molecule has 1 aromatic rings. The fourth-order valence-corrected chi connectivity index (χ4v) is 8.51. The molecule has 0 heterocycles. The molecule has 6 atom stereocenters. The Balaban J connectivity index is 1.20. The van der Waals surface area contributed by atoms with E-state index in [0.29, 0.717) is 41.7 Å². The number of aliphatic hydroxyl groups is 1. The lowest BCUT2D eigenvalue weighted by Gasteiger charge is -2.53. The molecule has 2 N–H and O–H groups in total. The molecular weight excluding hydrogens is 470 g/mol. The summed E-state index contributed by atoms with van der Waals surface area (Å²) in [6.45, 7) is 5.45. The van der Waals surface area contributed by atoms with Crippen molar-refractivity contribution in [1.29, 1.82) is 0 Å². The summed E-state index contributed by atoms with van der Waals surface area (Å²) in [6, 6.07) is 6.12. The number of amides is 1. The topological polar surface area (TPSA) is 60.8 Å². The molecule has 4 rings (SSSR count). The number of carbonyl (C=O) groups excluding carboxylic acids is 1. The van der Waals surface area contributed by atoms with E-state index in [9.17, 15) is 15.0 Å². The molecule has 0 aromatic heterocycles. The molecule has 214 valence electrons. The molecule has 2 saturated carbocycles. The first-order valence-electron chi connectivity index (χ1n) is 16.1. The van der Waals surface area contributed by atoms with E-state index >= 15 is 0 Å². The van der Waals surface area contributed by atoms with Gasteiger partial charge in [-0.1, -0.05) is 71.3 Å². The minimum absolute atomic E-state index is 0.0992. The highest BCUT2D eigenvalue weighted by atomic mass is 16.3. The Hall–Kier alpha value is -1.55. The lowest BCUT2D eigenvalue weighted by molar-refractivity contribution is -0.130. The molecule has 0 bridgehead atoms. The van der Waals surface area contributed by atoms with Crippen molar-refractivity contribution < 1.29 is 15.0 Å². The van der Waals surface area contributed by atoms with E-state index in [1.807, 2.05) is 24.1 Å². The number of hydrogen-bond donors (Lipinski definition) is 2. The first-order valence-corrected chi connectivity index (χ1v) is 16.1. The lowest BCUT2D eigenvalue weighted by Crippen LogP contribution is -2.47. The summed E-state index contributed by atoms with van der Waals surface area (Å²) < 4.78 is 0. The normalized spacial score (nSPS) is 29.9. The van der Waals surface area contributed by atoms with E-state index in [4.69, 9.17) is 0 Å². The van der Waals surface area contributed by atoms with Crippen LogP contribution in [-0.4, -0.2) is 40.7 Å². The fourth-order valence-electron chi connectivity index (χ4n) is 8.51. The molecule has 4 nitrogen and oxygen atoms in total. The van der Waals surface area contributed by atoms with Gasteiger partial charge in [-0.3, -0.25) is 4.79 Å². The van der Waals surface area contributed by atoms with Crippen molar-refractivity contribution in [3.8, 4) is 5.75 Å². The van der Waals surface area contributed by atoms with Gasteiger partial charge in [0.2, 0.25) is 5.91 Å². The number of carbonyl (C=O) groups is 1. The van der Waals surface area contributed by atoms with Gasteiger partial charge in [-0.2, -0.15) is 0 Å². The number of rotatable bonds is 14. The first-order chi connectivity index (χ1) is 18.3. The summed E-state index contributed by atoms with van der Waals surface area (Å²) in [5.41, 5.74) is 2.97. The van der Waals surface area contributed by atoms with Crippen LogP contribution < -0.4 is 0 Å². The molecule has 38 heavy (non-hydrogen) atoms. The molecule has 1 aromatic carbocycles. The molecule has 0 aliphatic heterocycles. The third-order valence-corrected chi connectivity index (χ3v) is 10.8. The van der Waals surface area contributed by atoms with Gasteiger partial charge in [-0.25, -0.2) is 0 Å². The Kier molecular flexibility index (Phi) is 10.6. The quantitative estimate of drug-likeness (QED) is 0.242. The second-order valence-electron chi connectivity index (χ2n) is 13.3. The van der Waals surface area contributed by atoms with Gasteiger partial charge in [0.05, 0.1) is 6.10 Å². The molecule has 0 unspecified atom stereocenters. The highest BCUT2D eigenvalue weighted by molar-refractivity contribution is 5.75. The standard InChI is InChI=1S/C34H55NO3/c1-4-5-11-15-32(38)35(3)22-13-10-8-6-7-9-12-14-25-23-26-24-27(36)16-17-28(26)29-20-21-34(2)30(33(25)29)18-19-31(34)37/h16-17,24-25,29-31,33,36-37H,4-15,18-23H2,1-3H3/t25-,29+,30-,31-,33+,34-/m0/s1. The number of phenols is 1. The number of aromatic hydroxyl groups is 1. The average Bonchev–Trinajstić information content (AvgIpc) is 3.21. The summed E-state index contributed by atoms with van der Waals surface area (Å²) in [7, 11) is 1.96. The molecule has 3 aliphatic rings. The van der Waals surface area contributed by atoms with Crippen molar-refractivity contribution >= 4 is 5.91 Å². The van der Waals surface area contributed by atoms with Crippen molar-refractivity contribution in [3.05, 3.63) is 29.3 Å². The van der Waals surface area contributed by atoms with Gasteiger partial charge in [-0.15, -0.1) is 0 Å². The Labute approximate surface area is 232 Å². The summed E-state index contributed by atoms with van der Waals surface area (Å²) in [6.07, 6.45) is 19.6. The van der Waals surface area contributed by atoms with Crippen LogP contribution >= 0.6 is 0 Å². The van der Waals surface area contributed by atoms with Crippen molar-refractivity contribution in [3.63, 3.8) is 0 Å². The zero-order chi connectivity index (χ0) is 27.1. The smallest absolute Gasteiger partial charge is 0.222 e. The SMILES string of the molecule is CCCCCC(=O)N(C)CCCCCCCCC[C@H]1Cc2cc(O)ccc2[C@H]2CC[C@]3(C)[C@@H](O)CC[C@H]3[C@H]12. The summed E-state index contributed by atoms with van der Waals surface area (Å²) in [5, 5.41) is 21.1. The number of nitrogens with zero attached hydrogens (tertiary/aromatic N) is 1. The highest BCUT2D eigenvalue weighted by Gasteiger charge is 2.56. The minimum Gasteiger partial charge on any atom is -0.508 e. The number of fused-ring (bicyclic) bond motifs is 5. The van der Waals surface area contributed by atoms with E-state index in [1.165, 1.54) is 75.3 Å². The van der Waals surface area contributed by atoms with Crippen LogP contribution in [-0.2, 0) is 11.2 Å². The van der Waals surface area contributed by atoms with Gasteiger partial charge in [0.15, 0.2) is 0 Å². The van der Waals surface area contributed by atoms with Crippen molar-refractivity contribution in [2.24, 2.45) is 23.2 Å². The van der Waals surface area contributed by atoms with Crippen molar-refractivity contribution in [2.75, 3.05) is 13.6 Å². The summed E-state index contributed by atoms with van der Waals surface area (Å²) in [4.78, 5) is 14.1. The largest absolute Gasteiger partial charge is 0.508 e. The molecule has 2 fully saturated rings. The maximum Gasteiger partial charge on any atom is 0.222 e.